The first-order valence-electron chi connectivity index (χ1n) is 8.67. The van der Waals surface area contributed by atoms with Crippen molar-refractivity contribution in [2.45, 2.75) is 24.3 Å². The Balaban J connectivity index is 1.54. The highest BCUT2D eigenvalue weighted by molar-refractivity contribution is 7.98. The number of rotatable bonds is 5. The zero-order valence-electron chi connectivity index (χ0n) is 14.7. The highest BCUT2D eigenvalue weighted by Crippen LogP contribution is 2.27. The van der Waals surface area contributed by atoms with Crippen molar-refractivity contribution in [1.29, 1.82) is 0 Å². The molecule has 3 nitrogen and oxygen atoms in total. The quantitative estimate of drug-likeness (QED) is 0.722. The topological polar surface area (TPSA) is 32.3 Å². The fourth-order valence-electron chi connectivity index (χ4n) is 3.23. The van der Waals surface area contributed by atoms with Crippen LogP contribution in [0.4, 0.5) is 10.1 Å². The first-order valence-corrected chi connectivity index (χ1v) is 10.3. The zero-order valence-corrected chi connectivity index (χ0v) is 16.2. The number of anilines is 1. The van der Waals surface area contributed by atoms with Gasteiger partial charge in [0.1, 0.15) is 5.82 Å². The number of carbonyl (C=O) groups is 1. The fourth-order valence-corrected chi connectivity index (χ4v) is 3.94. The molecule has 0 unspecified atom stereocenters. The average Bonchev–Trinajstić information content (AvgIpc) is 2.65. The molecule has 0 aromatic heterocycles. The van der Waals surface area contributed by atoms with E-state index in [0.717, 1.165) is 36.5 Å². The van der Waals surface area contributed by atoms with Crippen LogP contribution in [0, 0.1) is 11.7 Å². The Hall–Kier alpha value is -1.56. The summed E-state index contributed by atoms with van der Waals surface area (Å²) >= 11 is 7.42. The van der Waals surface area contributed by atoms with Gasteiger partial charge in [0.25, 0.3) is 0 Å². The number of benzene rings is 2. The number of carbonyl (C=O) groups excluding carboxylic acids is 1. The van der Waals surface area contributed by atoms with Crippen LogP contribution in [0.2, 0.25) is 5.02 Å². The van der Waals surface area contributed by atoms with Gasteiger partial charge in [0.15, 0.2) is 0 Å². The van der Waals surface area contributed by atoms with E-state index >= 15 is 0 Å². The number of para-hydroxylation sites is 1. The molecule has 1 saturated heterocycles. The van der Waals surface area contributed by atoms with Crippen molar-refractivity contribution in [2.24, 2.45) is 5.92 Å². The summed E-state index contributed by atoms with van der Waals surface area (Å²) < 4.78 is 13.9. The van der Waals surface area contributed by atoms with Gasteiger partial charge in [0, 0.05) is 27.9 Å². The van der Waals surface area contributed by atoms with E-state index in [9.17, 15) is 9.18 Å². The molecule has 138 valence electrons. The Kier molecular flexibility index (Phi) is 6.57. The van der Waals surface area contributed by atoms with Crippen molar-refractivity contribution < 1.29 is 9.18 Å². The third-order valence-corrected chi connectivity index (χ3v) is 5.76. The van der Waals surface area contributed by atoms with Gasteiger partial charge in [-0.2, -0.15) is 0 Å². The standard InChI is InChI=1S/C20H22ClFN2OS/c1-26-19-5-3-2-4-18(19)23-20(25)14-8-10-24(11-9-14)13-15-6-7-16(21)12-17(15)22/h2-7,12,14H,8-11,13H2,1H3,(H,23,25). The van der Waals surface area contributed by atoms with Gasteiger partial charge in [0.05, 0.1) is 5.69 Å². The molecule has 0 saturated carbocycles. The van der Waals surface area contributed by atoms with E-state index in [1.807, 2.05) is 30.5 Å². The molecule has 1 heterocycles. The molecule has 1 aliphatic heterocycles. The molecule has 0 atom stereocenters. The fraction of sp³-hybridized carbons (Fsp3) is 0.350. The first kappa shape index (κ1) is 19.2. The predicted octanol–water partition coefficient (Wildman–Crippen LogP) is 5.05. The molecule has 2 aromatic rings. The van der Waals surface area contributed by atoms with Crippen LogP contribution in [0.5, 0.6) is 0 Å². The van der Waals surface area contributed by atoms with Crippen LogP contribution in [-0.2, 0) is 11.3 Å². The van der Waals surface area contributed by atoms with Crippen molar-refractivity contribution in [3.05, 3.63) is 58.9 Å². The number of hydrogen-bond donors (Lipinski definition) is 1. The molecule has 3 rings (SSSR count). The van der Waals surface area contributed by atoms with Gasteiger partial charge in [-0.3, -0.25) is 9.69 Å². The van der Waals surface area contributed by atoms with Gasteiger partial charge >= 0.3 is 0 Å². The Morgan fingerprint density at radius 2 is 2.00 bits per heavy atom. The molecule has 1 amide bonds. The van der Waals surface area contributed by atoms with E-state index in [1.165, 1.54) is 6.07 Å². The number of halogens is 2. The molecular weight excluding hydrogens is 371 g/mol. The second kappa shape index (κ2) is 8.89. The summed E-state index contributed by atoms with van der Waals surface area (Å²) in [5, 5.41) is 3.47. The molecular formula is C20H22ClFN2OS. The molecule has 0 spiro atoms. The monoisotopic (exact) mass is 392 g/mol. The summed E-state index contributed by atoms with van der Waals surface area (Å²) in [6.07, 6.45) is 3.56. The molecule has 6 heteroatoms. The average molecular weight is 393 g/mol. The van der Waals surface area contributed by atoms with Gasteiger partial charge in [-0.25, -0.2) is 4.39 Å². The number of piperidine rings is 1. The van der Waals surface area contributed by atoms with Crippen LogP contribution in [0.25, 0.3) is 0 Å². The van der Waals surface area contributed by atoms with Crippen LogP contribution in [0.3, 0.4) is 0 Å². The molecule has 1 fully saturated rings. The smallest absolute Gasteiger partial charge is 0.227 e. The van der Waals surface area contributed by atoms with Crippen LogP contribution in [0.15, 0.2) is 47.4 Å². The highest BCUT2D eigenvalue weighted by atomic mass is 35.5. The van der Waals surface area contributed by atoms with Gasteiger partial charge in [-0.05, 0) is 56.5 Å². The van der Waals surface area contributed by atoms with E-state index in [4.69, 9.17) is 11.6 Å². The molecule has 1 aliphatic rings. The summed E-state index contributed by atoms with van der Waals surface area (Å²) in [6, 6.07) is 12.6. The molecule has 2 aromatic carbocycles. The number of nitrogens with one attached hydrogen (secondary N) is 1. The van der Waals surface area contributed by atoms with Gasteiger partial charge in [-0.15, -0.1) is 11.8 Å². The highest BCUT2D eigenvalue weighted by Gasteiger charge is 2.25. The second-order valence-electron chi connectivity index (χ2n) is 6.48. The minimum atomic E-state index is -0.272. The maximum atomic E-state index is 13.9. The Morgan fingerprint density at radius 1 is 1.27 bits per heavy atom. The summed E-state index contributed by atoms with van der Waals surface area (Å²) in [7, 11) is 0. The third-order valence-electron chi connectivity index (χ3n) is 4.73. The molecule has 26 heavy (non-hydrogen) atoms. The number of likely N-dealkylation sites (tertiary alicyclic amines) is 1. The minimum absolute atomic E-state index is 0.00349. The van der Waals surface area contributed by atoms with Crippen LogP contribution >= 0.6 is 23.4 Å². The predicted molar refractivity (Wildman–Crippen MR) is 106 cm³/mol. The molecule has 1 N–H and O–H groups in total. The van der Waals surface area contributed by atoms with Crippen molar-refractivity contribution in [1.82, 2.24) is 4.90 Å². The Bertz CT molecular complexity index is 778. The number of thioether (sulfide) groups is 1. The lowest BCUT2D eigenvalue weighted by Crippen LogP contribution is -2.38. The van der Waals surface area contributed by atoms with Crippen molar-refractivity contribution in [3.8, 4) is 0 Å². The minimum Gasteiger partial charge on any atom is -0.325 e. The first-order chi connectivity index (χ1) is 12.6. The lowest BCUT2D eigenvalue weighted by molar-refractivity contribution is -0.121. The number of hydrogen-bond acceptors (Lipinski definition) is 3. The van der Waals surface area contributed by atoms with Gasteiger partial charge in [-0.1, -0.05) is 29.8 Å². The van der Waals surface area contributed by atoms with Crippen molar-refractivity contribution in [2.75, 3.05) is 24.7 Å². The van der Waals surface area contributed by atoms with E-state index in [1.54, 1.807) is 23.9 Å². The van der Waals surface area contributed by atoms with Crippen LogP contribution < -0.4 is 5.32 Å². The number of amides is 1. The lowest BCUT2D eigenvalue weighted by Gasteiger charge is -2.31. The maximum Gasteiger partial charge on any atom is 0.227 e. The summed E-state index contributed by atoms with van der Waals surface area (Å²) in [5.74, 6) is -0.203. The largest absolute Gasteiger partial charge is 0.325 e. The Morgan fingerprint density at radius 3 is 2.69 bits per heavy atom. The summed E-state index contributed by atoms with van der Waals surface area (Å²) in [5.41, 5.74) is 1.52. The van der Waals surface area contributed by atoms with Gasteiger partial charge in [0.2, 0.25) is 5.91 Å². The molecule has 0 radical (unpaired) electrons. The Labute approximate surface area is 162 Å². The van der Waals surface area contributed by atoms with E-state index < -0.39 is 0 Å². The normalized spacial score (nSPS) is 15.8. The molecule has 0 aliphatic carbocycles. The maximum absolute atomic E-state index is 13.9. The summed E-state index contributed by atoms with van der Waals surface area (Å²) in [4.78, 5) is 15.8. The second-order valence-corrected chi connectivity index (χ2v) is 7.76. The number of nitrogens with zero attached hydrogens (tertiary/aromatic N) is 1. The van der Waals surface area contributed by atoms with Crippen molar-refractivity contribution in [3.63, 3.8) is 0 Å². The summed E-state index contributed by atoms with van der Waals surface area (Å²) in [6.45, 7) is 2.11. The van der Waals surface area contributed by atoms with Crippen LogP contribution in [0.1, 0.15) is 18.4 Å². The lowest BCUT2D eigenvalue weighted by atomic mass is 9.95. The molecule has 0 bridgehead atoms. The van der Waals surface area contributed by atoms with E-state index in [0.29, 0.717) is 17.1 Å². The zero-order chi connectivity index (χ0) is 18.5. The third kappa shape index (κ3) is 4.78. The SMILES string of the molecule is CSc1ccccc1NC(=O)C1CCN(Cc2ccc(Cl)cc2F)CC1. The van der Waals surface area contributed by atoms with Crippen molar-refractivity contribution >= 4 is 35.0 Å². The van der Waals surface area contributed by atoms with E-state index in [-0.39, 0.29) is 17.6 Å². The van der Waals surface area contributed by atoms with Crippen LogP contribution in [-0.4, -0.2) is 30.2 Å². The van der Waals surface area contributed by atoms with E-state index in [2.05, 4.69) is 10.2 Å². The van der Waals surface area contributed by atoms with Gasteiger partial charge < -0.3 is 5.32 Å².